The summed E-state index contributed by atoms with van der Waals surface area (Å²) in [5.74, 6) is 0. The van der Waals surface area contributed by atoms with Crippen LogP contribution in [0, 0.1) is 0 Å². The average Bonchev–Trinajstić information content (AvgIpc) is 1.99. The Morgan fingerprint density at radius 1 is 1.20 bits per heavy atom. The molecule has 0 saturated carbocycles. The van der Waals surface area contributed by atoms with E-state index in [1.165, 1.54) is 6.07 Å². The molecule has 0 radical (unpaired) electrons. The first-order valence-electron chi connectivity index (χ1n) is 4.42. The number of benzene rings is 1. The van der Waals surface area contributed by atoms with Crippen molar-refractivity contribution in [3.05, 3.63) is 29.3 Å². The molecule has 84 valence electrons. The fourth-order valence-corrected chi connectivity index (χ4v) is 5.58. The summed E-state index contributed by atoms with van der Waals surface area (Å²) in [5, 5.41) is 0.272. The van der Waals surface area contributed by atoms with Crippen molar-refractivity contribution >= 4 is 31.3 Å². The van der Waals surface area contributed by atoms with Gasteiger partial charge < -0.3 is 0 Å². The monoisotopic (exact) mass is 264 g/mol. The van der Waals surface area contributed by atoms with E-state index in [9.17, 15) is 8.42 Å². The van der Waals surface area contributed by atoms with E-state index in [-0.39, 0.29) is 14.7 Å². The summed E-state index contributed by atoms with van der Waals surface area (Å²) in [5.41, 5.74) is 0. The Kier molecular flexibility index (Phi) is 3.74. The van der Waals surface area contributed by atoms with Gasteiger partial charge in [0, 0.05) is 4.75 Å². The molecule has 0 fully saturated rings. The van der Waals surface area contributed by atoms with Crippen molar-refractivity contribution in [2.75, 3.05) is 0 Å². The van der Waals surface area contributed by atoms with Gasteiger partial charge in [-0.3, -0.25) is 0 Å². The molecule has 15 heavy (non-hydrogen) atoms. The van der Waals surface area contributed by atoms with Crippen LogP contribution in [0.3, 0.4) is 0 Å². The largest absolute Gasteiger partial charge is 0.231 e. The van der Waals surface area contributed by atoms with Gasteiger partial charge in [0.1, 0.15) is 0 Å². The highest BCUT2D eigenvalue weighted by Crippen LogP contribution is 2.36. The first-order chi connectivity index (χ1) is 6.72. The molecule has 0 N–H and O–H groups in total. The molecule has 0 atom stereocenters. The topological polar surface area (TPSA) is 34.1 Å². The minimum atomic E-state index is -3.36. The van der Waals surface area contributed by atoms with E-state index in [2.05, 4.69) is 0 Å². The standard InChI is InChI=1S/C10H13ClO2S2/c1-10(2,3)14-15(12,13)9-7-5-4-6-8(9)11/h4-7H,1-3H3. The first kappa shape index (κ1) is 12.9. The Labute approximate surface area is 99.3 Å². The van der Waals surface area contributed by atoms with Crippen molar-refractivity contribution in [2.24, 2.45) is 0 Å². The summed E-state index contributed by atoms with van der Waals surface area (Å²) in [4.78, 5) is 0.187. The van der Waals surface area contributed by atoms with Gasteiger partial charge in [0.25, 0.3) is 0 Å². The van der Waals surface area contributed by atoms with Crippen molar-refractivity contribution in [3.63, 3.8) is 0 Å². The molecule has 0 aliphatic rings. The van der Waals surface area contributed by atoms with E-state index < -0.39 is 8.87 Å². The zero-order valence-corrected chi connectivity index (χ0v) is 11.2. The van der Waals surface area contributed by atoms with Gasteiger partial charge in [0.2, 0.25) is 8.87 Å². The maximum atomic E-state index is 11.9. The summed E-state index contributed by atoms with van der Waals surface area (Å²) in [7, 11) is -2.45. The Hall–Kier alpha value is -0.190. The Bertz CT molecular complexity index is 447. The van der Waals surface area contributed by atoms with Crippen LogP contribution in [0.2, 0.25) is 5.02 Å². The Morgan fingerprint density at radius 3 is 2.20 bits per heavy atom. The molecule has 5 heteroatoms. The van der Waals surface area contributed by atoms with Gasteiger partial charge in [-0.05, 0) is 43.7 Å². The second kappa shape index (κ2) is 4.36. The predicted molar refractivity (Wildman–Crippen MR) is 66.0 cm³/mol. The molecule has 0 heterocycles. The van der Waals surface area contributed by atoms with Gasteiger partial charge in [-0.1, -0.05) is 23.7 Å². The highest BCUT2D eigenvalue weighted by atomic mass is 35.5. The minimum absolute atomic E-state index is 0.187. The molecule has 1 aromatic rings. The van der Waals surface area contributed by atoms with E-state index in [0.29, 0.717) is 0 Å². The third-order valence-corrected chi connectivity index (χ3v) is 6.22. The van der Waals surface area contributed by atoms with E-state index >= 15 is 0 Å². The molecule has 0 amide bonds. The van der Waals surface area contributed by atoms with Crippen molar-refractivity contribution in [2.45, 2.75) is 30.4 Å². The lowest BCUT2D eigenvalue weighted by atomic mass is 10.3. The van der Waals surface area contributed by atoms with Crippen LogP contribution in [-0.2, 0) is 8.87 Å². The maximum Gasteiger partial charge on any atom is 0.231 e. The fourth-order valence-electron chi connectivity index (χ4n) is 1.02. The zero-order valence-electron chi connectivity index (χ0n) is 8.82. The van der Waals surface area contributed by atoms with Crippen LogP contribution in [0.15, 0.2) is 29.2 Å². The van der Waals surface area contributed by atoms with E-state index in [1.54, 1.807) is 18.2 Å². The second-order valence-electron chi connectivity index (χ2n) is 4.08. The maximum absolute atomic E-state index is 11.9. The molecule has 0 bridgehead atoms. The molecule has 0 aliphatic heterocycles. The first-order valence-corrected chi connectivity index (χ1v) is 7.62. The lowest BCUT2D eigenvalue weighted by molar-refractivity contribution is 0.609. The number of hydrogen-bond donors (Lipinski definition) is 0. The number of rotatable bonds is 2. The molecule has 0 aromatic heterocycles. The Balaban J connectivity index is 3.13. The molecular formula is C10H13ClO2S2. The molecule has 0 saturated heterocycles. The fraction of sp³-hybridized carbons (Fsp3) is 0.400. The second-order valence-corrected chi connectivity index (χ2v) is 9.04. The van der Waals surface area contributed by atoms with Gasteiger partial charge in [0.15, 0.2) is 0 Å². The molecule has 1 rings (SSSR count). The number of hydrogen-bond acceptors (Lipinski definition) is 3. The van der Waals surface area contributed by atoms with Crippen molar-refractivity contribution in [1.82, 2.24) is 0 Å². The van der Waals surface area contributed by atoms with Crippen LogP contribution in [0.1, 0.15) is 20.8 Å². The third kappa shape index (κ3) is 3.70. The van der Waals surface area contributed by atoms with Crippen LogP contribution >= 0.6 is 22.4 Å². The van der Waals surface area contributed by atoms with Crippen LogP contribution in [0.4, 0.5) is 0 Å². The molecule has 0 aliphatic carbocycles. The lowest BCUT2D eigenvalue weighted by Gasteiger charge is -2.17. The summed E-state index contributed by atoms with van der Waals surface area (Å²) in [6.07, 6.45) is 0. The van der Waals surface area contributed by atoms with E-state index in [0.717, 1.165) is 10.8 Å². The van der Waals surface area contributed by atoms with Crippen molar-refractivity contribution < 1.29 is 8.42 Å². The lowest BCUT2D eigenvalue weighted by Crippen LogP contribution is -2.12. The van der Waals surface area contributed by atoms with Gasteiger partial charge in [-0.15, -0.1) is 0 Å². The Morgan fingerprint density at radius 2 is 1.73 bits per heavy atom. The van der Waals surface area contributed by atoms with Gasteiger partial charge in [-0.25, -0.2) is 8.42 Å². The zero-order chi connectivity index (χ0) is 11.7. The number of halogens is 1. The van der Waals surface area contributed by atoms with Crippen molar-refractivity contribution in [1.29, 1.82) is 0 Å². The summed E-state index contributed by atoms with van der Waals surface area (Å²) in [6.45, 7) is 5.56. The molecule has 1 aromatic carbocycles. The van der Waals surface area contributed by atoms with Gasteiger partial charge >= 0.3 is 0 Å². The van der Waals surface area contributed by atoms with Crippen molar-refractivity contribution in [3.8, 4) is 0 Å². The highest BCUT2D eigenvalue weighted by Gasteiger charge is 2.25. The van der Waals surface area contributed by atoms with Crippen LogP contribution < -0.4 is 0 Å². The van der Waals surface area contributed by atoms with Gasteiger partial charge in [0.05, 0.1) is 9.92 Å². The van der Waals surface area contributed by atoms with E-state index in [1.807, 2.05) is 20.8 Å². The SMILES string of the molecule is CC(C)(C)SS(=O)(=O)c1ccccc1Cl. The average molecular weight is 265 g/mol. The summed E-state index contributed by atoms with van der Waals surface area (Å²) < 4.78 is 23.5. The van der Waals surface area contributed by atoms with Gasteiger partial charge in [-0.2, -0.15) is 0 Å². The van der Waals surface area contributed by atoms with Crippen LogP contribution in [-0.4, -0.2) is 13.2 Å². The van der Waals surface area contributed by atoms with E-state index in [4.69, 9.17) is 11.6 Å². The van der Waals surface area contributed by atoms with Crippen LogP contribution in [0.5, 0.6) is 0 Å². The molecule has 2 nitrogen and oxygen atoms in total. The summed E-state index contributed by atoms with van der Waals surface area (Å²) in [6, 6.07) is 6.49. The minimum Gasteiger partial charge on any atom is -0.212 e. The highest BCUT2D eigenvalue weighted by molar-refractivity contribution is 8.72. The molecular weight excluding hydrogens is 252 g/mol. The van der Waals surface area contributed by atoms with Crippen LogP contribution in [0.25, 0.3) is 0 Å². The third-order valence-electron chi connectivity index (χ3n) is 1.47. The quantitative estimate of drug-likeness (QED) is 0.766. The summed E-state index contributed by atoms with van der Waals surface area (Å²) >= 11 is 5.85. The normalized spacial score (nSPS) is 12.8. The molecule has 0 spiro atoms. The smallest absolute Gasteiger partial charge is 0.212 e. The predicted octanol–water partition coefficient (Wildman–Crippen LogP) is 3.56. The molecule has 0 unspecified atom stereocenters.